The molecule has 3 heteroatoms. The van der Waals surface area contributed by atoms with Gasteiger partial charge in [0, 0.05) is 11.1 Å². The summed E-state index contributed by atoms with van der Waals surface area (Å²) in [6.45, 7) is 5.27. The van der Waals surface area contributed by atoms with Gasteiger partial charge in [0.2, 0.25) is 0 Å². The molecule has 0 saturated heterocycles. The summed E-state index contributed by atoms with van der Waals surface area (Å²) in [5.41, 5.74) is 1.16. The lowest BCUT2D eigenvalue weighted by atomic mass is 10.2. The number of hydrogen-bond acceptors (Lipinski definition) is 3. The molecule has 1 N–H and O–H groups in total. The fraction of sp³-hybridized carbons (Fsp3) is 0.700. The molecule has 1 unspecified atom stereocenters. The summed E-state index contributed by atoms with van der Waals surface area (Å²) >= 11 is 1.79. The Labute approximate surface area is 83.4 Å². The predicted molar refractivity (Wildman–Crippen MR) is 56.0 cm³/mol. The summed E-state index contributed by atoms with van der Waals surface area (Å²) in [6, 6.07) is 0.531. The van der Waals surface area contributed by atoms with E-state index in [1.165, 1.54) is 17.8 Å². The van der Waals surface area contributed by atoms with Crippen molar-refractivity contribution in [3.8, 4) is 0 Å². The van der Waals surface area contributed by atoms with Crippen LogP contribution in [0.3, 0.4) is 0 Å². The molecule has 0 aliphatic heterocycles. The molecule has 1 aromatic rings. The average molecular weight is 196 g/mol. The second kappa shape index (κ2) is 3.76. The first kappa shape index (κ1) is 9.16. The Hall–Kier alpha value is -0.410. The Balaban J connectivity index is 2.10. The minimum atomic E-state index is 0.531. The molecule has 1 atom stereocenters. The molecular weight excluding hydrogens is 180 g/mol. The highest BCUT2D eigenvalue weighted by molar-refractivity contribution is 7.09. The molecule has 0 spiro atoms. The van der Waals surface area contributed by atoms with E-state index in [9.17, 15) is 0 Å². The van der Waals surface area contributed by atoms with Crippen molar-refractivity contribution in [2.75, 3.05) is 6.54 Å². The second-order valence-corrected chi connectivity index (χ2v) is 4.59. The Morgan fingerprint density at radius 3 is 2.92 bits per heavy atom. The van der Waals surface area contributed by atoms with Crippen molar-refractivity contribution in [2.24, 2.45) is 5.92 Å². The number of hydrogen-bond donors (Lipinski definition) is 1. The van der Waals surface area contributed by atoms with Gasteiger partial charge in [0.15, 0.2) is 0 Å². The average Bonchev–Trinajstić information content (AvgIpc) is 2.85. The number of nitrogens with one attached hydrogen (secondary N) is 1. The molecule has 72 valence electrons. The summed E-state index contributed by atoms with van der Waals surface area (Å²) < 4.78 is 0. The molecule has 1 aromatic heterocycles. The molecule has 0 bridgehead atoms. The lowest BCUT2D eigenvalue weighted by molar-refractivity contribution is 0.493. The normalized spacial score (nSPS) is 18.9. The summed E-state index contributed by atoms with van der Waals surface area (Å²) in [7, 11) is 0. The first-order valence-corrected chi connectivity index (χ1v) is 5.84. The van der Waals surface area contributed by atoms with E-state index in [1.54, 1.807) is 11.3 Å². The van der Waals surface area contributed by atoms with Gasteiger partial charge in [0.25, 0.3) is 0 Å². The Kier molecular flexibility index (Phi) is 2.65. The summed E-state index contributed by atoms with van der Waals surface area (Å²) in [5, 5.41) is 6.94. The molecule has 1 heterocycles. The van der Waals surface area contributed by atoms with Gasteiger partial charge >= 0.3 is 0 Å². The standard InChI is InChI=1S/C10H16N2S/c1-3-11-9(8-4-5-8)10-12-7(2)6-13-10/h6,8-9,11H,3-5H2,1-2H3. The van der Waals surface area contributed by atoms with Crippen LogP contribution in [0.25, 0.3) is 0 Å². The van der Waals surface area contributed by atoms with Crippen molar-refractivity contribution >= 4 is 11.3 Å². The van der Waals surface area contributed by atoms with Gasteiger partial charge in [0.1, 0.15) is 5.01 Å². The van der Waals surface area contributed by atoms with Crippen LogP contribution in [0.5, 0.6) is 0 Å². The van der Waals surface area contributed by atoms with Crippen molar-refractivity contribution in [3.05, 3.63) is 16.1 Å². The zero-order valence-corrected chi connectivity index (χ0v) is 9.03. The minimum absolute atomic E-state index is 0.531. The van der Waals surface area contributed by atoms with Crippen molar-refractivity contribution in [3.63, 3.8) is 0 Å². The predicted octanol–water partition coefficient (Wildman–Crippen LogP) is 2.51. The van der Waals surface area contributed by atoms with Gasteiger partial charge in [-0.15, -0.1) is 11.3 Å². The molecular formula is C10H16N2S. The van der Waals surface area contributed by atoms with E-state index in [4.69, 9.17) is 0 Å². The van der Waals surface area contributed by atoms with Crippen molar-refractivity contribution in [1.82, 2.24) is 10.3 Å². The van der Waals surface area contributed by atoms with Gasteiger partial charge in [-0.25, -0.2) is 4.98 Å². The van der Waals surface area contributed by atoms with E-state index < -0.39 is 0 Å². The highest BCUT2D eigenvalue weighted by Gasteiger charge is 2.33. The molecule has 2 rings (SSSR count). The highest BCUT2D eigenvalue weighted by Crippen LogP contribution is 2.41. The number of nitrogens with zero attached hydrogens (tertiary/aromatic N) is 1. The van der Waals surface area contributed by atoms with Crippen LogP contribution in [0.2, 0.25) is 0 Å². The molecule has 13 heavy (non-hydrogen) atoms. The molecule has 1 aliphatic carbocycles. The van der Waals surface area contributed by atoms with Gasteiger partial charge in [-0.3, -0.25) is 0 Å². The van der Waals surface area contributed by atoms with E-state index in [0.717, 1.165) is 18.2 Å². The number of aryl methyl sites for hydroxylation is 1. The number of thiazole rings is 1. The molecule has 1 aliphatic rings. The summed E-state index contributed by atoms with van der Waals surface area (Å²) in [5.74, 6) is 0.852. The smallest absolute Gasteiger partial charge is 0.110 e. The van der Waals surface area contributed by atoms with Gasteiger partial charge in [-0.05, 0) is 32.2 Å². The first-order chi connectivity index (χ1) is 6.31. The van der Waals surface area contributed by atoms with E-state index in [2.05, 4.69) is 29.5 Å². The van der Waals surface area contributed by atoms with Crippen LogP contribution < -0.4 is 5.32 Å². The van der Waals surface area contributed by atoms with Gasteiger partial charge < -0.3 is 5.32 Å². The highest BCUT2D eigenvalue weighted by atomic mass is 32.1. The zero-order chi connectivity index (χ0) is 9.26. The van der Waals surface area contributed by atoms with Gasteiger partial charge in [-0.1, -0.05) is 6.92 Å². The number of rotatable bonds is 4. The first-order valence-electron chi connectivity index (χ1n) is 4.96. The maximum Gasteiger partial charge on any atom is 0.110 e. The van der Waals surface area contributed by atoms with Gasteiger partial charge in [0.05, 0.1) is 6.04 Å². The fourth-order valence-electron chi connectivity index (χ4n) is 1.62. The zero-order valence-electron chi connectivity index (χ0n) is 8.21. The molecule has 0 aromatic carbocycles. The third-order valence-electron chi connectivity index (χ3n) is 2.42. The lowest BCUT2D eigenvalue weighted by Gasteiger charge is -2.13. The third kappa shape index (κ3) is 2.09. The third-order valence-corrected chi connectivity index (χ3v) is 3.47. The van der Waals surface area contributed by atoms with Crippen LogP contribution in [-0.4, -0.2) is 11.5 Å². The number of aromatic nitrogens is 1. The molecule has 0 radical (unpaired) electrons. The van der Waals surface area contributed by atoms with Crippen LogP contribution in [0.4, 0.5) is 0 Å². The molecule has 0 amide bonds. The van der Waals surface area contributed by atoms with E-state index in [1.807, 2.05) is 0 Å². The second-order valence-electron chi connectivity index (χ2n) is 3.70. The quantitative estimate of drug-likeness (QED) is 0.800. The Morgan fingerprint density at radius 1 is 1.69 bits per heavy atom. The van der Waals surface area contributed by atoms with E-state index >= 15 is 0 Å². The van der Waals surface area contributed by atoms with E-state index in [-0.39, 0.29) is 0 Å². The topological polar surface area (TPSA) is 24.9 Å². The largest absolute Gasteiger partial charge is 0.308 e. The monoisotopic (exact) mass is 196 g/mol. The van der Waals surface area contributed by atoms with Crippen LogP contribution >= 0.6 is 11.3 Å². The molecule has 1 saturated carbocycles. The van der Waals surface area contributed by atoms with Crippen molar-refractivity contribution < 1.29 is 0 Å². The SMILES string of the molecule is CCNC(c1nc(C)cs1)C1CC1. The Morgan fingerprint density at radius 2 is 2.46 bits per heavy atom. The Bertz CT molecular complexity index is 278. The maximum absolute atomic E-state index is 4.55. The maximum atomic E-state index is 4.55. The summed E-state index contributed by atoms with van der Waals surface area (Å²) in [4.78, 5) is 4.55. The van der Waals surface area contributed by atoms with Gasteiger partial charge in [-0.2, -0.15) is 0 Å². The van der Waals surface area contributed by atoms with Crippen molar-refractivity contribution in [1.29, 1.82) is 0 Å². The van der Waals surface area contributed by atoms with Crippen LogP contribution in [0.1, 0.15) is 36.5 Å². The summed E-state index contributed by atoms with van der Waals surface area (Å²) in [6.07, 6.45) is 2.74. The van der Waals surface area contributed by atoms with Crippen LogP contribution in [-0.2, 0) is 0 Å². The fourth-order valence-corrected chi connectivity index (χ4v) is 2.58. The molecule has 1 fully saturated rings. The minimum Gasteiger partial charge on any atom is -0.308 e. The lowest BCUT2D eigenvalue weighted by Crippen LogP contribution is -2.22. The van der Waals surface area contributed by atoms with Crippen LogP contribution in [0.15, 0.2) is 5.38 Å². The van der Waals surface area contributed by atoms with Crippen LogP contribution in [0, 0.1) is 12.8 Å². The molecule has 2 nitrogen and oxygen atoms in total. The van der Waals surface area contributed by atoms with Crippen molar-refractivity contribution in [2.45, 2.75) is 32.7 Å². The van der Waals surface area contributed by atoms with E-state index in [0.29, 0.717) is 6.04 Å².